The van der Waals surface area contributed by atoms with Crippen molar-refractivity contribution >= 4 is 17.9 Å². The highest BCUT2D eigenvalue weighted by atomic mass is 16.6. The molecule has 0 aliphatic heterocycles. The highest BCUT2D eigenvalue weighted by Gasteiger charge is 2.19. The van der Waals surface area contributed by atoms with Crippen LogP contribution in [0.2, 0.25) is 0 Å². The minimum absolute atomic E-state index is 0.0629. The van der Waals surface area contributed by atoms with Crippen LogP contribution in [0, 0.1) is 5.92 Å². The third kappa shape index (κ3) is 45.3. The van der Waals surface area contributed by atoms with E-state index in [1.165, 1.54) is 180 Å². The molecule has 0 bridgehead atoms. The van der Waals surface area contributed by atoms with Gasteiger partial charge < -0.3 is 14.2 Å². The number of unbranched alkanes of at least 4 members (excludes halogenated alkanes) is 33. The Labute approximate surface area is 355 Å². The summed E-state index contributed by atoms with van der Waals surface area (Å²) < 4.78 is 16.8. The first-order chi connectivity index (χ1) is 27.9. The van der Waals surface area contributed by atoms with Gasteiger partial charge in [-0.15, -0.1) is 0 Å². The molecule has 0 unspecified atom stereocenters. The molecule has 0 amide bonds. The molecule has 6 nitrogen and oxygen atoms in total. The second kappa shape index (κ2) is 45.5. The molecule has 0 aromatic rings. The van der Waals surface area contributed by atoms with Crippen molar-refractivity contribution in [2.24, 2.45) is 5.92 Å². The van der Waals surface area contributed by atoms with Crippen LogP contribution in [0.15, 0.2) is 0 Å². The maximum atomic E-state index is 12.8. The molecule has 0 aliphatic carbocycles. The van der Waals surface area contributed by atoms with E-state index in [4.69, 9.17) is 14.2 Å². The summed E-state index contributed by atoms with van der Waals surface area (Å²) in [4.78, 5) is 37.8. The molecule has 0 aliphatic rings. The predicted octanol–water partition coefficient (Wildman–Crippen LogP) is 16.3. The van der Waals surface area contributed by atoms with Crippen molar-refractivity contribution < 1.29 is 28.6 Å². The van der Waals surface area contributed by atoms with Gasteiger partial charge in [0, 0.05) is 19.3 Å². The molecule has 0 rings (SSSR count). The van der Waals surface area contributed by atoms with E-state index >= 15 is 0 Å². The molecule has 0 fully saturated rings. The zero-order valence-corrected chi connectivity index (χ0v) is 38.8. The molecule has 57 heavy (non-hydrogen) atoms. The Bertz CT molecular complexity index is 857. The van der Waals surface area contributed by atoms with Crippen LogP contribution in [0.25, 0.3) is 0 Å². The molecule has 0 saturated carbocycles. The molecule has 0 aromatic carbocycles. The van der Waals surface area contributed by atoms with Crippen molar-refractivity contribution in [3.05, 3.63) is 0 Å². The molecule has 0 spiro atoms. The number of hydrogen-bond donors (Lipinski definition) is 0. The Balaban J connectivity index is 4.27. The monoisotopic (exact) mass is 807 g/mol. The summed E-state index contributed by atoms with van der Waals surface area (Å²) in [6.45, 7) is 9.01. The van der Waals surface area contributed by atoms with Crippen LogP contribution in [-0.2, 0) is 28.6 Å². The fourth-order valence-electron chi connectivity index (χ4n) is 7.69. The van der Waals surface area contributed by atoms with Crippen molar-refractivity contribution in [1.29, 1.82) is 0 Å². The summed E-state index contributed by atoms with van der Waals surface area (Å²) in [6, 6.07) is 0. The second-order valence-electron chi connectivity index (χ2n) is 17.9. The van der Waals surface area contributed by atoms with E-state index < -0.39 is 6.10 Å². The van der Waals surface area contributed by atoms with E-state index in [1.807, 2.05) is 0 Å². The topological polar surface area (TPSA) is 78.9 Å². The summed E-state index contributed by atoms with van der Waals surface area (Å²) in [6.07, 6.45) is 46.6. The van der Waals surface area contributed by atoms with Gasteiger partial charge in [0.1, 0.15) is 13.2 Å². The van der Waals surface area contributed by atoms with Crippen LogP contribution in [0.5, 0.6) is 0 Å². The van der Waals surface area contributed by atoms with Crippen LogP contribution in [0.3, 0.4) is 0 Å². The van der Waals surface area contributed by atoms with Crippen molar-refractivity contribution in [3.63, 3.8) is 0 Å². The SMILES string of the molecule is CCCCCCCCCCCCCCCCC(=O)OC[C@@H](COC(=O)CCCCCCCCCCC)OC(=O)CCCCCCCCCCCCCCCC(C)C. The first-order valence-electron chi connectivity index (χ1n) is 25.4. The summed E-state index contributed by atoms with van der Waals surface area (Å²) >= 11 is 0. The lowest BCUT2D eigenvalue weighted by Gasteiger charge is -2.18. The molecule has 0 N–H and O–H groups in total. The van der Waals surface area contributed by atoms with E-state index in [1.54, 1.807) is 0 Å². The van der Waals surface area contributed by atoms with Gasteiger partial charge in [-0.3, -0.25) is 14.4 Å². The van der Waals surface area contributed by atoms with Crippen LogP contribution in [-0.4, -0.2) is 37.2 Å². The lowest BCUT2D eigenvalue weighted by Crippen LogP contribution is -2.30. The third-order valence-electron chi connectivity index (χ3n) is 11.5. The van der Waals surface area contributed by atoms with E-state index in [2.05, 4.69) is 27.7 Å². The number of hydrogen-bond acceptors (Lipinski definition) is 6. The highest BCUT2D eigenvalue weighted by molar-refractivity contribution is 5.71. The fourth-order valence-corrected chi connectivity index (χ4v) is 7.69. The number of carbonyl (C=O) groups excluding carboxylic acids is 3. The zero-order valence-electron chi connectivity index (χ0n) is 38.8. The van der Waals surface area contributed by atoms with E-state index in [-0.39, 0.29) is 31.1 Å². The van der Waals surface area contributed by atoms with Gasteiger partial charge in [-0.2, -0.15) is 0 Å². The zero-order chi connectivity index (χ0) is 41.7. The van der Waals surface area contributed by atoms with E-state index in [9.17, 15) is 14.4 Å². The van der Waals surface area contributed by atoms with Crippen molar-refractivity contribution in [1.82, 2.24) is 0 Å². The van der Waals surface area contributed by atoms with Crippen molar-refractivity contribution in [2.45, 2.75) is 291 Å². The lowest BCUT2D eigenvalue weighted by atomic mass is 10.0. The van der Waals surface area contributed by atoms with Crippen molar-refractivity contribution in [3.8, 4) is 0 Å². The van der Waals surface area contributed by atoms with E-state index in [0.717, 1.165) is 63.7 Å². The number of rotatable bonds is 46. The predicted molar refractivity (Wildman–Crippen MR) is 243 cm³/mol. The quantitative estimate of drug-likeness (QED) is 0.0346. The molecule has 0 radical (unpaired) electrons. The third-order valence-corrected chi connectivity index (χ3v) is 11.5. The van der Waals surface area contributed by atoms with Gasteiger partial charge in [0.15, 0.2) is 6.10 Å². The Morgan fingerprint density at radius 1 is 0.333 bits per heavy atom. The molecular formula is C51H98O6. The maximum absolute atomic E-state index is 12.8. The van der Waals surface area contributed by atoms with Gasteiger partial charge in [0.05, 0.1) is 0 Å². The normalized spacial score (nSPS) is 11.9. The van der Waals surface area contributed by atoms with Gasteiger partial charge >= 0.3 is 17.9 Å². The van der Waals surface area contributed by atoms with Crippen LogP contribution < -0.4 is 0 Å². The van der Waals surface area contributed by atoms with E-state index in [0.29, 0.717) is 19.3 Å². The second-order valence-corrected chi connectivity index (χ2v) is 17.9. The molecule has 338 valence electrons. The first kappa shape index (κ1) is 55.4. The molecule has 0 aromatic heterocycles. The van der Waals surface area contributed by atoms with Gasteiger partial charge in [0.25, 0.3) is 0 Å². The average molecular weight is 807 g/mol. The molecule has 0 heterocycles. The Kier molecular flexibility index (Phi) is 44.2. The largest absolute Gasteiger partial charge is 0.462 e. The summed E-state index contributed by atoms with van der Waals surface area (Å²) in [5.41, 5.74) is 0. The fraction of sp³-hybridized carbons (Fsp3) is 0.941. The maximum Gasteiger partial charge on any atom is 0.306 e. The molecule has 6 heteroatoms. The van der Waals surface area contributed by atoms with Crippen LogP contribution in [0.1, 0.15) is 285 Å². The summed E-state index contributed by atoms with van der Waals surface area (Å²) in [7, 11) is 0. The van der Waals surface area contributed by atoms with Crippen LogP contribution in [0.4, 0.5) is 0 Å². The average Bonchev–Trinajstić information content (AvgIpc) is 3.19. The minimum atomic E-state index is -0.759. The minimum Gasteiger partial charge on any atom is -0.462 e. The number of carbonyl (C=O) groups is 3. The Morgan fingerprint density at radius 2 is 0.579 bits per heavy atom. The summed E-state index contributed by atoms with van der Waals surface area (Å²) in [5, 5.41) is 0. The highest BCUT2D eigenvalue weighted by Crippen LogP contribution is 2.17. The van der Waals surface area contributed by atoms with Gasteiger partial charge in [-0.1, -0.05) is 246 Å². The van der Waals surface area contributed by atoms with Gasteiger partial charge in [-0.05, 0) is 25.2 Å². The standard InChI is InChI=1S/C51H98O6/c1-5-7-9-11-13-15-16-17-20-23-27-31-35-39-43-50(53)56-46-48(45-55-49(52)42-38-34-30-25-14-12-10-8-6-2)57-51(54)44-40-36-32-28-24-21-18-19-22-26-29-33-37-41-47(3)4/h47-48H,5-46H2,1-4H3/t48-/m1/s1. The molecule has 0 saturated heterocycles. The summed E-state index contributed by atoms with van der Waals surface area (Å²) in [5.74, 6) is -0.00958. The smallest absolute Gasteiger partial charge is 0.306 e. The van der Waals surface area contributed by atoms with Crippen molar-refractivity contribution in [2.75, 3.05) is 13.2 Å². The van der Waals surface area contributed by atoms with Crippen LogP contribution >= 0.6 is 0 Å². The number of ether oxygens (including phenoxy) is 3. The molecule has 1 atom stereocenters. The molecular weight excluding hydrogens is 709 g/mol. The number of esters is 3. The van der Waals surface area contributed by atoms with Gasteiger partial charge in [0.2, 0.25) is 0 Å². The lowest BCUT2D eigenvalue weighted by molar-refractivity contribution is -0.167. The first-order valence-corrected chi connectivity index (χ1v) is 25.4. The Hall–Kier alpha value is -1.59. The Morgan fingerprint density at radius 3 is 0.860 bits per heavy atom. The van der Waals surface area contributed by atoms with Gasteiger partial charge in [-0.25, -0.2) is 0 Å².